The van der Waals surface area contributed by atoms with Gasteiger partial charge in [0, 0.05) is 6.04 Å². The van der Waals surface area contributed by atoms with Gasteiger partial charge in [-0.05, 0) is 25.7 Å². The van der Waals surface area contributed by atoms with Gasteiger partial charge in [-0.2, -0.15) is 0 Å². The van der Waals surface area contributed by atoms with Gasteiger partial charge in [0.05, 0.1) is 0 Å². The quantitative estimate of drug-likeness (QED) is 0.490. The summed E-state index contributed by atoms with van der Waals surface area (Å²) >= 11 is 0. The Hall–Kier alpha value is -0.300. The van der Waals surface area contributed by atoms with Gasteiger partial charge in [0.25, 0.3) is 0 Å². The monoisotopic (exact) mass is 125 g/mol. The molecule has 0 heterocycles. The van der Waals surface area contributed by atoms with Crippen LogP contribution in [0.2, 0.25) is 0 Å². The number of rotatable bonds is 0. The van der Waals surface area contributed by atoms with Gasteiger partial charge in [0.1, 0.15) is 0 Å². The first-order valence-electron chi connectivity index (χ1n) is 3.64. The smallest absolute Gasteiger partial charge is 0.0105 e. The maximum atomic E-state index is 5.83. The van der Waals surface area contributed by atoms with E-state index in [1.165, 1.54) is 18.4 Å². The molecule has 0 bridgehead atoms. The van der Waals surface area contributed by atoms with Crippen molar-refractivity contribution < 1.29 is 0 Å². The van der Waals surface area contributed by atoms with Crippen molar-refractivity contribution in [2.45, 2.75) is 32.7 Å². The maximum absolute atomic E-state index is 5.83. The van der Waals surface area contributed by atoms with Gasteiger partial charge in [-0.3, -0.25) is 0 Å². The number of nitrogens with two attached hydrogens (primary N) is 1. The van der Waals surface area contributed by atoms with E-state index in [0.717, 1.165) is 0 Å². The summed E-state index contributed by atoms with van der Waals surface area (Å²) in [5, 5.41) is 0. The Morgan fingerprint density at radius 2 is 2.33 bits per heavy atom. The first-order valence-corrected chi connectivity index (χ1v) is 3.64. The molecule has 0 aromatic carbocycles. The standard InChI is InChI=1S/C8H15N/c1-6-4-3-5-8(9)7(6)2/h4,7-8H,3,5,9H2,1-2H3. The Morgan fingerprint density at radius 3 is 2.78 bits per heavy atom. The van der Waals surface area contributed by atoms with Gasteiger partial charge in [-0.15, -0.1) is 0 Å². The summed E-state index contributed by atoms with van der Waals surface area (Å²) in [6.07, 6.45) is 4.64. The molecule has 1 rings (SSSR count). The van der Waals surface area contributed by atoms with E-state index in [2.05, 4.69) is 19.9 Å². The van der Waals surface area contributed by atoms with Crippen molar-refractivity contribution in [3.63, 3.8) is 0 Å². The van der Waals surface area contributed by atoms with Gasteiger partial charge in [-0.25, -0.2) is 0 Å². The van der Waals surface area contributed by atoms with Crippen molar-refractivity contribution in [1.82, 2.24) is 0 Å². The van der Waals surface area contributed by atoms with Crippen LogP contribution in [0.5, 0.6) is 0 Å². The molecule has 0 aromatic rings. The summed E-state index contributed by atoms with van der Waals surface area (Å²) in [5.74, 6) is 0.610. The highest BCUT2D eigenvalue weighted by Gasteiger charge is 2.16. The molecule has 0 fully saturated rings. The molecule has 2 unspecified atom stereocenters. The van der Waals surface area contributed by atoms with Crippen LogP contribution in [0.25, 0.3) is 0 Å². The Kier molecular flexibility index (Phi) is 1.91. The van der Waals surface area contributed by atoms with E-state index in [9.17, 15) is 0 Å². The third kappa shape index (κ3) is 1.33. The van der Waals surface area contributed by atoms with Crippen LogP contribution in [0, 0.1) is 5.92 Å². The molecule has 0 saturated carbocycles. The highest BCUT2D eigenvalue weighted by Crippen LogP contribution is 2.22. The lowest BCUT2D eigenvalue weighted by Crippen LogP contribution is -2.30. The molecule has 2 N–H and O–H groups in total. The molecule has 0 saturated heterocycles. The molecule has 1 nitrogen and oxygen atoms in total. The SMILES string of the molecule is CC1=CCCC(N)C1C. The fourth-order valence-electron chi connectivity index (χ4n) is 1.28. The minimum absolute atomic E-state index is 0.412. The van der Waals surface area contributed by atoms with Crippen LogP contribution in [0.3, 0.4) is 0 Å². The highest BCUT2D eigenvalue weighted by atomic mass is 14.6. The van der Waals surface area contributed by atoms with Crippen LogP contribution in [0.4, 0.5) is 0 Å². The third-order valence-corrected chi connectivity index (χ3v) is 2.33. The molecule has 9 heavy (non-hydrogen) atoms. The summed E-state index contributed by atoms with van der Waals surface area (Å²) in [7, 11) is 0. The molecular weight excluding hydrogens is 110 g/mol. The van der Waals surface area contributed by atoms with E-state index in [0.29, 0.717) is 12.0 Å². The number of hydrogen-bond acceptors (Lipinski definition) is 1. The third-order valence-electron chi connectivity index (χ3n) is 2.33. The summed E-state index contributed by atoms with van der Waals surface area (Å²) in [5.41, 5.74) is 7.29. The second-order valence-electron chi connectivity index (χ2n) is 2.98. The zero-order chi connectivity index (χ0) is 6.85. The molecule has 0 spiro atoms. The van der Waals surface area contributed by atoms with Crippen molar-refractivity contribution in [3.05, 3.63) is 11.6 Å². The van der Waals surface area contributed by atoms with Crippen molar-refractivity contribution >= 4 is 0 Å². The Bertz CT molecular complexity index is 127. The Labute approximate surface area is 56.9 Å². The number of allylic oxidation sites excluding steroid dienone is 1. The Morgan fingerprint density at radius 1 is 1.67 bits per heavy atom. The lowest BCUT2D eigenvalue weighted by Gasteiger charge is -2.24. The second-order valence-corrected chi connectivity index (χ2v) is 2.98. The normalized spacial score (nSPS) is 36.1. The first kappa shape index (κ1) is 6.81. The van der Waals surface area contributed by atoms with Crippen LogP contribution in [0.15, 0.2) is 11.6 Å². The van der Waals surface area contributed by atoms with Crippen molar-refractivity contribution in [3.8, 4) is 0 Å². The van der Waals surface area contributed by atoms with Gasteiger partial charge >= 0.3 is 0 Å². The van der Waals surface area contributed by atoms with Crippen molar-refractivity contribution in [2.75, 3.05) is 0 Å². The van der Waals surface area contributed by atoms with E-state index in [4.69, 9.17) is 5.73 Å². The molecule has 0 radical (unpaired) electrons. The minimum Gasteiger partial charge on any atom is -0.327 e. The molecule has 0 aromatic heterocycles. The average Bonchev–Trinajstić information content (AvgIpc) is 1.83. The fraction of sp³-hybridized carbons (Fsp3) is 0.750. The predicted octanol–water partition coefficient (Wildman–Crippen LogP) is 1.69. The zero-order valence-electron chi connectivity index (χ0n) is 6.22. The van der Waals surface area contributed by atoms with Crippen LogP contribution in [-0.2, 0) is 0 Å². The van der Waals surface area contributed by atoms with E-state index < -0.39 is 0 Å². The average molecular weight is 125 g/mol. The van der Waals surface area contributed by atoms with Crippen molar-refractivity contribution in [1.29, 1.82) is 0 Å². The Balaban J connectivity index is 2.62. The molecule has 0 amide bonds. The lowest BCUT2D eigenvalue weighted by atomic mass is 9.86. The molecule has 1 aliphatic rings. The van der Waals surface area contributed by atoms with Crippen LogP contribution >= 0.6 is 0 Å². The van der Waals surface area contributed by atoms with Crippen molar-refractivity contribution in [2.24, 2.45) is 11.7 Å². The van der Waals surface area contributed by atoms with Gasteiger partial charge in [-0.1, -0.05) is 18.6 Å². The molecule has 0 aliphatic heterocycles. The summed E-state index contributed by atoms with van der Waals surface area (Å²) < 4.78 is 0. The lowest BCUT2D eigenvalue weighted by molar-refractivity contribution is 0.463. The topological polar surface area (TPSA) is 26.0 Å². The van der Waals surface area contributed by atoms with Gasteiger partial charge in [0.2, 0.25) is 0 Å². The van der Waals surface area contributed by atoms with E-state index >= 15 is 0 Å². The molecule has 2 atom stereocenters. The summed E-state index contributed by atoms with van der Waals surface area (Å²) in [6, 6.07) is 0.412. The second kappa shape index (κ2) is 2.53. The first-order chi connectivity index (χ1) is 4.22. The summed E-state index contributed by atoms with van der Waals surface area (Å²) in [6.45, 7) is 4.37. The zero-order valence-corrected chi connectivity index (χ0v) is 6.22. The highest BCUT2D eigenvalue weighted by molar-refractivity contribution is 5.09. The molecule has 1 aliphatic carbocycles. The molecule has 52 valence electrons. The molecule has 1 heteroatoms. The maximum Gasteiger partial charge on any atom is 0.0105 e. The van der Waals surface area contributed by atoms with Gasteiger partial charge in [0.15, 0.2) is 0 Å². The predicted molar refractivity (Wildman–Crippen MR) is 40.1 cm³/mol. The largest absolute Gasteiger partial charge is 0.327 e. The van der Waals surface area contributed by atoms with E-state index in [1.807, 2.05) is 0 Å². The van der Waals surface area contributed by atoms with Crippen LogP contribution in [-0.4, -0.2) is 6.04 Å². The van der Waals surface area contributed by atoms with Crippen LogP contribution < -0.4 is 5.73 Å². The fourth-order valence-corrected chi connectivity index (χ4v) is 1.28. The molecular formula is C8H15N. The van der Waals surface area contributed by atoms with E-state index in [1.54, 1.807) is 0 Å². The van der Waals surface area contributed by atoms with E-state index in [-0.39, 0.29) is 0 Å². The van der Waals surface area contributed by atoms with Crippen LogP contribution in [0.1, 0.15) is 26.7 Å². The summed E-state index contributed by atoms with van der Waals surface area (Å²) in [4.78, 5) is 0. The number of hydrogen-bond donors (Lipinski definition) is 1. The minimum atomic E-state index is 0.412. The van der Waals surface area contributed by atoms with Gasteiger partial charge < -0.3 is 5.73 Å².